The number of ether oxygens (including phenoxy) is 3. The molecule has 2 aromatic rings. The number of hydrogen-bond acceptors (Lipinski definition) is 5. The van der Waals surface area contributed by atoms with E-state index in [9.17, 15) is 9.59 Å². The third-order valence-electron chi connectivity index (χ3n) is 5.39. The van der Waals surface area contributed by atoms with Gasteiger partial charge in [0.25, 0.3) is 5.91 Å². The highest BCUT2D eigenvalue weighted by Gasteiger charge is 2.46. The van der Waals surface area contributed by atoms with Crippen molar-refractivity contribution in [1.29, 1.82) is 0 Å². The lowest BCUT2D eigenvalue weighted by molar-refractivity contribution is -0.126. The molecule has 2 heterocycles. The van der Waals surface area contributed by atoms with Crippen LogP contribution in [-0.2, 0) is 4.79 Å². The van der Waals surface area contributed by atoms with Gasteiger partial charge in [0, 0.05) is 22.2 Å². The molecule has 0 aliphatic carbocycles. The van der Waals surface area contributed by atoms with E-state index in [4.69, 9.17) is 14.2 Å². The van der Waals surface area contributed by atoms with Gasteiger partial charge in [-0.2, -0.15) is 0 Å². The fraction of sp³-hybridized carbons (Fsp3) is 0.333. The van der Waals surface area contributed by atoms with Crippen LogP contribution in [0.3, 0.4) is 0 Å². The first kappa shape index (κ1) is 20.8. The molecule has 0 radical (unpaired) electrons. The van der Waals surface area contributed by atoms with Gasteiger partial charge in [-0.25, -0.2) is 0 Å². The van der Waals surface area contributed by atoms with Gasteiger partial charge in [0.15, 0.2) is 11.5 Å². The molecule has 7 heteroatoms. The molecule has 162 valence electrons. The summed E-state index contributed by atoms with van der Waals surface area (Å²) in [7, 11) is 4.60. The van der Waals surface area contributed by atoms with E-state index in [-0.39, 0.29) is 11.8 Å². The third kappa shape index (κ3) is 3.21. The van der Waals surface area contributed by atoms with Crippen LogP contribution in [0.1, 0.15) is 53.9 Å². The van der Waals surface area contributed by atoms with Crippen LogP contribution < -0.4 is 19.5 Å². The summed E-state index contributed by atoms with van der Waals surface area (Å²) < 4.78 is 16.7. The molecule has 2 amide bonds. The first-order valence-corrected chi connectivity index (χ1v) is 10.0. The van der Waals surface area contributed by atoms with Crippen LogP contribution >= 0.6 is 0 Å². The molecule has 0 unspecified atom stereocenters. The smallest absolute Gasteiger partial charge is 0.259 e. The van der Waals surface area contributed by atoms with E-state index >= 15 is 0 Å². The monoisotopic (exact) mass is 422 g/mol. The lowest BCUT2D eigenvalue weighted by atomic mass is 9.90. The number of fused-ring (bicyclic) bond motifs is 4. The van der Waals surface area contributed by atoms with Gasteiger partial charge in [0.2, 0.25) is 11.7 Å². The minimum atomic E-state index is -0.886. The molecule has 0 saturated carbocycles. The van der Waals surface area contributed by atoms with Gasteiger partial charge in [-0.05, 0) is 44.5 Å². The van der Waals surface area contributed by atoms with E-state index in [0.29, 0.717) is 39.6 Å². The first-order chi connectivity index (χ1) is 14.7. The maximum atomic E-state index is 13.5. The maximum absolute atomic E-state index is 13.5. The molecule has 0 saturated heterocycles. The Kier molecular flexibility index (Phi) is 4.92. The van der Waals surface area contributed by atoms with Gasteiger partial charge in [-0.3, -0.25) is 14.5 Å². The Morgan fingerprint density at radius 3 is 2.23 bits per heavy atom. The van der Waals surface area contributed by atoms with E-state index in [2.05, 4.69) is 5.32 Å². The van der Waals surface area contributed by atoms with Crippen LogP contribution in [-0.4, -0.2) is 43.6 Å². The van der Waals surface area contributed by atoms with Crippen molar-refractivity contribution in [2.75, 3.05) is 21.3 Å². The largest absolute Gasteiger partial charge is 0.493 e. The Bertz CT molecular complexity index is 1110. The number of hydrogen-bond donors (Lipinski definition) is 1. The Hall–Kier alpha value is -3.48. The van der Waals surface area contributed by atoms with Crippen molar-refractivity contribution < 1.29 is 23.8 Å². The van der Waals surface area contributed by atoms with Crippen LogP contribution in [0.25, 0.3) is 11.8 Å². The number of amides is 2. The number of benzene rings is 2. The molecule has 0 fully saturated rings. The SMILES string of the molecule is COc1cc2c(c(OC)c1OC)C=C1c3ccccc3C(=O)N1[C@@H]2C(=O)NC(C)(C)C. The number of carbonyl (C=O) groups is 2. The van der Waals surface area contributed by atoms with Crippen LogP contribution in [0.2, 0.25) is 0 Å². The second-order valence-corrected chi connectivity index (χ2v) is 8.54. The molecule has 1 N–H and O–H groups in total. The minimum Gasteiger partial charge on any atom is -0.493 e. The van der Waals surface area contributed by atoms with Crippen molar-refractivity contribution in [2.24, 2.45) is 0 Å². The minimum absolute atomic E-state index is 0.213. The highest BCUT2D eigenvalue weighted by atomic mass is 16.5. The summed E-state index contributed by atoms with van der Waals surface area (Å²) in [6, 6.07) is 8.21. The standard InChI is InChI=1S/C24H26N2O5/c1-24(2,3)25-22(27)19-15-12-18(29-4)21(31-6)20(30-5)16(15)11-17-13-9-7-8-10-14(13)23(28)26(17)19/h7-12,19H,1-6H3,(H,25,27)/t19-/m0/s1. The molecule has 2 aliphatic rings. The summed E-state index contributed by atoms with van der Waals surface area (Å²) in [5.74, 6) is 0.814. The second-order valence-electron chi connectivity index (χ2n) is 8.54. The zero-order valence-electron chi connectivity index (χ0n) is 18.5. The molecule has 31 heavy (non-hydrogen) atoms. The quantitative estimate of drug-likeness (QED) is 0.814. The van der Waals surface area contributed by atoms with Crippen molar-refractivity contribution in [3.8, 4) is 17.2 Å². The van der Waals surface area contributed by atoms with Gasteiger partial charge in [0.1, 0.15) is 6.04 Å². The van der Waals surface area contributed by atoms with E-state index in [0.717, 1.165) is 5.56 Å². The van der Waals surface area contributed by atoms with Crippen molar-refractivity contribution in [2.45, 2.75) is 32.4 Å². The number of rotatable bonds is 4. The van der Waals surface area contributed by atoms with E-state index in [1.165, 1.54) is 14.2 Å². The van der Waals surface area contributed by atoms with Crippen LogP contribution in [0.5, 0.6) is 17.2 Å². The van der Waals surface area contributed by atoms with Gasteiger partial charge in [-0.1, -0.05) is 18.2 Å². The summed E-state index contributed by atoms with van der Waals surface area (Å²) in [6.45, 7) is 5.71. The Morgan fingerprint density at radius 2 is 1.65 bits per heavy atom. The normalized spacial score (nSPS) is 16.7. The van der Waals surface area contributed by atoms with E-state index in [1.54, 1.807) is 24.1 Å². The summed E-state index contributed by atoms with van der Waals surface area (Å²) in [6.07, 6.45) is 1.88. The second kappa shape index (κ2) is 7.34. The summed E-state index contributed by atoms with van der Waals surface area (Å²) in [5.41, 5.74) is 2.82. The molecular formula is C24H26N2O5. The highest BCUT2D eigenvalue weighted by molar-refractivity contribution is 6.15. The average molecular weight is 422 g/mol. The summed E-state index contributed by atoms with van der Waals surface area (Å²) >= 11 is 0. The van der Waals surface area contributed by atoms with Gasteiger partial charge < -0.3 is 19.5 Å². The predicted octanol–water partition coefficient (Wildman–Crippen LogP) is 3.64. The third-order valence-corrected chi connectivity index (χ3v) is 5.39. The highest BCUT2D eigenvalue weighted by Crippen LogP contribution is 2.52. The Labute approximate surface area is 181 Å². The lowest BCUT2D eigenvalue weighted by Crippen LogP contribution is -2.48. The fourth-order valence-corrected chi connectivity index (χ4v) is 4.21. The van der Waals surface area contributed by atoms with Crippen molar-refractivity contribution in [3.05, 3.63) is 52.6 Å². The molecule has 2 aromatic carbocycles. The summed E-state index contributed by atoms with van der Waals surface area (Å²) in [5, 5.41) is 3.02. The van der Waals surface area contributed by atoms with E-state index < -0.39 is 11.6 Å². The molecular weight excluding hydrogens is 396 g/mol. The van der Waals surface area contributed by atoms with E-state index in [1.807, 2.05) is 45.0 Å². The van der Waals surface area contributed by atoms with Crippen molar-refractivity contribution in [3.63, 3.8) is 0 Å². The average Bonchev–Trinajstić information content (AvgIpc) is 3.01. The summed E-state index contributed by atoms with van der Waals surface area (Å²) in [4.78, 5) is 28.5. The number of nitrogens with zero attached hydrogens (tertiary/aromatic N) is 1. The number of carbonyl (C=O) groups excluding carboxylic acids is 2. The number of methoxy groups -OCH3 is 3. The predicted molar refractivity (Wildman–Crippen MR) is 117 cm³/mol. The Balaban J connectivity index is 2.02. The first-order valence-electron chi connectivity index (χ1n) is 10.0. The number of nitrogens with one attached hydrogen (secondary N) is 1. The molecule has 2 aliphatic heterocycles. The van der Waals surface area contributed by atoms with Crippen LogP contribution in [0, 0.1) is 0 Å². The van der Waals surface area contributed by atoms with Gasteiger partial charge in [0.05, 0.1) is 27.0 Å². The molecule has 0 bridgehead atoms. The zero-order valence-corrected chi connectivity index (χ0v) is 18.5. The zero-order chi connectivity index (χ0) is 22.5. The molecule has 0 spiro atoms. The lowest BCUT2D eigenvalue weighted by Gasteiger charge is -2.36. The topological polar surface area (TPSA) is 77.1 Å². The van der Waals surface area contributed by atoms with Gasteiger partial charge >= 0.3 is 0 Å². The van der Waals surface area contributed by atoms with Crippen molar-refractivity contribution >= 4 is 23.6 Å². The molecule has 7 nitrogen and oxygen atoms in total. The molecule has 1 atom stereocenters. The van der Waals surface area contributed by atoms with Crippen LogP contribution in [0.15, 0.2) is 30.3 Å². The van der Waals surface area contributed by atoms with Crippen LogP contribution in [0.4, 0.5) is 0 Å². The maximum Gasteiger partial charge on any atom is 0.259 e. The molecule has 0 aromatic heterocycles. The molecule has 4 rings (SSSR count). The van der Waals surface area contributed by atoms with Gasteiger partial charge in [-0.15, -0.1) is 0 Å². The fourth-order valence-electron chi connectivity index (χ4n) is 4.21. The van der Waals surface area contributed by atoms with Crippen molar-refractivity contribution in [1.82, 2.24) is 10.2 Å². The Morgan fingerprint density at radius 1 is 1.00 bits per heavy atom.